The molecule has 0 amide bonds. The molecule has 0 spiro atoms. The summed E-state index contributed by atoms with van der Waals surface area (Å²) in [5, 5.41) is 11.8. The first-order chi connectivity index (χ1) is 18.1. The Morgan fingerprint density at radius 2 is 1.84 bits per heavy atom. The van der Waals surface area contributed by atoms with Crippen LogP contribution in [0.25, 0.3) is 22.8 Å². The fraction of sp³-hybridized carbons (Fsp3) is 0.346. The molecule has 1 fully saturated rings. The molecule has 0 radical (unpaired) electrons. The van der Waals surface area contributed by atoms with E-state index < -0.39 is 17.5 Å². The molecule has 2 bridgehead atoms. The predicted molar refractivity (Wildman–Crippen MR) is 128 cm³/mol. The Labute approximate surface area is 215 Å². The van der Waals surface area contributed by atoms with Gasteiger partial charge in [0, 0.05) is 22.7 Å². The molecule has 38 heavy (non-hydrogen) atoms. The van der Waals surface area contributed by atoms with Gasteiger partial charge in [-0.15, -0.1) is 0 Å². The van der Waals surface area contributed by atoms with Crippen LogP contribution in [-0.2, 0) is 11.8 Å². The number of benzene rings is 1. The Hall–Kier alpha value is -4.06. The summed E-state index contributed by atoms with van der Waals surface area (Å²) >= 11 is 0. The van der Waals surface area contributed by atoms with E-state index in [1.807, 2.05) is 0 Å². The van der Waals surface area contributed by atoms with Crippen molar-refractivity contribution in [1.82, 2.24) is 29.9 Å². The molecule has 12 heteroatoms. The maximum atomic E-state index is 13.1. The van der Waals surface area contributed by atoms with Crippen molar-refractivity contribution in [1.29, 1.82) is 0 Å². The van der Waals surface area contributed by atoms with E-state index in [0.717, 1.165) is 24.7 Å². The second-order valence-corrected chi connectivity index (χ2v) is 9.55. The molecule has 1 aromatic carbocycles. The Morgan fingerprint density at radius 3 is 2.58 bits per heavy atom. The molecular weight excluding hydrogens is 501 g/mol. The average Bonchev–Trinajstić information content (AvgIpc) is 3.59. The van der Waals surface area contributed by atoms with Crippen LogP contribution in [0.15, 0.2) is 36.8 Å². The van der Waals surface area contributed by atoms with Gasteiger partial charge in [0.05, 0.1) is 17.6 Å². The summed E-state index contributed by atoms with van der Waals surface area (Å²) in [5.41, 5.74) is 0.482. The van der Waals surface area contributed by atoms with Gasteiger partial charge in [0.1, 0.15) is 48.0 Å². The molecule has 4 aromatic rings. The summed E-state index contributed by atoms with van der Waals surface area (Å²) in [7, 11) is 0. The number of ether oxygens (including phenoxy) is 2. The molecule has 9 nitrogen and oxygen atoms in total. The number of nitrogens with zero attached hydrogens (tertiary/aromatic N) is 5. The Balaban J connectivity index is 1.48. The van der Waals surface area contributed by atoms with Crippen molar-refractivity contribution in [3.05, 3.63) is 65.1 Å². The smallest absolute Gasteiger partial charge is 0.432 e. The van der Waals surface area contributed by atoms with Crippen LogP contribution in [0.2, 0.25) is 0 Å². The molecule has 1 atom stereocenters. The number of fused-ring (bicyclic) bond motifs is 5. The number of halogens is 3. The minimum absolute atomic E-state index is 0.0177. The van der Waals surface area contributed by atoms with E-state index in [-0.39, 0.29) is 30.7 Å². The van der Waals surface area contributed by atoms with E-state index in [1.165, 1.54) is 12.4 Å². The second-order valence-electron chi connectivity index (χ2n) is 9.55. The number of aryl methyl sites for hydroxylation is 1. The summed E-state index contributed by atoms with van der Waals surface area (Å²) in [6.07, 6.45) is -0.370. The van der Waals surface area contributed by atoms with E-state index in [2.05, 4.69) is 24.9 Å². The van der Waals surface area contributed by atoms with Gasteiger partial charge >= 0.3 is 6.18 Å². The minimum atomic E-state index is -4.55. The molecule has 3 aromatic heterocycles. The minimum Gasteiger partial charge on any atom is -0.490 e. The van der Waals surface area contributed by atoms with Crippen LogP contribution in [0.5, 0.6) is 11.6 Å². The fourth-order valence-electron chi connectivity index (χ4n) is 4.53. The number of alkyl halides is 3. The molecule has 1 saturated carbocycles. The highest BCUT2D eigenvalue weighted by Gasteiger charge is 2.36. The lowest BCUT2D eigenvalue weighted by molar-refractivity contribution is -0.140. The first-order valence-corrected chi connectivity index (χ1v) is 12.1. The van der Waals surface area contributed by atoms with Crippen LogP contribution >= 0.6 is 0 Å². The van der Waals surface area contributed by atoms with Crippen molar-refractivity contribution in [3.63, 3.8) is 0 Å². The van der Waals surface area contributed by atoms with E-state index in [9.17, 15) is 18.3 Å². The fourth-order valence-corrected chi connectivity index (χ4v) is 4.53. The third-order valence-corrected chi connectivity index (χ3v) is 6.62. The largest absolute Gasteiger partial charge is 0.490 e. The Bertz CT molecular complexity index is 1530. The summed E-state index contributed by atoms with van der Waals surface area (Å²) in [6, 6.07) is 6.37. The predicted octanol–water partition coefficient (Wildman–Crippen LogP) is 4.56. The normalized spacial score (nSPS) is 19.3. The van der Waals surface area contributed by atoms with Crippen LogP contribution in [0.4, 0.5) is 13.2 Å². The van der Waals surface area contributed by atoms with E-state index in [0.29, 0.717) is 39.8 Å². The monoisotopic (exact) mass is 524 g/mol. The highest BCUT2D eigenvalue weighted by Crippen LogP contribution is 2.46. The lowest BCUT2D eigenvalue weighted by Gasteiger charge is -2.27. The maximum absolute atomic E-state index is 13.1. The number of nitrogens with one attached hydrogen (secondary N) is 1. The van der Waals surface area contributed by atoms with Gasteiger partial charge in [-0.1, -0.05) is 12.1 Å². The first-order valence-electron chi connectivity index (χ1n) is 12.1. The molecule has 1 aliphatic heterocycles. The molecule has 0 saturated heterocycles. The number of rotatable bonds is 2. The third-order valence-electron chi connectivity index (χ3n) is 6.62. The van der Waals surface area contributed by atoms with E-state index in [1.54, 1.807) is 32.0 Å². The van der Waals surface area contributed by atoms with Crippen LogP contribution in [0.3, 0.4) is 0 Å². The summed E-state index contributed by atoms with van der Waals surface area (Å²) in [5.74, 6) is 1.22. The van der Waals surface area contributed by atoms with Crippen molar-refractivity contribution in [2.45, 2.75) is 44.4 Å². The zero-order chi connectivity index (χ0) is 26.7. The van der Waals surface area contributed by atoms with Gasteiger partial charge in [-0.05, 0) is 38.8 Å². The molecule has 2 N–H and O–H groups in total. The van der Waals surface area contributed by atoms with Crippen LogP contribution in [0.1, 0.15) is 54.0 Å². The highest BCUT2D eigenvalue weighted by molar-refractivity contribution is 5.67. The highest BCUT2D eigenvalue weighted by atomic mass is 19.4. The number of aromatic nitrogens is 6. The lowest BCUT2D eigenvalue weighted by atomic mass is 9.90. The van der Waals surface area contributed by atoms with Crippen molar-refractivity contribution in [2.75, 3.05) is 13.2 Å². The van der Waals surface area contributed by atoms with Gasteiger partial charge in [-0.2, -0.15) is 13.2 Å². The van der Waals surface area contributed by atoms with Crippen LogP contribution in [-0.4, -0.2) is 48.2 Å². The average molecular weight is 525 g/mol. The second kappa shape index (κ2) is 8.76. The van der Waals surface area contributed by atoms with E-state index >= 15 is 0 Å². The van der Waals surface area contributed by atoms with Gasteiger partial charge < -0.3 is 19.6 Å². The van der Waals surface area contributed by atoms with Gasteiger partial charge in [0.15, 0.2) is 5.82 Å². The number of aromatic amines is 1. The van der Waals surface area contributed by atoms with Crippen molar-refractivity contribution < 1.29 is 27.8 Å². The van der Waals surface area contributed by atoms with Gasteiger partial charge in [-0.25, -0.2) is 24.9 Å². The van der Waals surface area contributed by atoms with Crippen molar-refractivity contribution in [2.24, 2.45) is 0 Å². The maximum Gasteiger partial charge on any atom is 0.432 e. The molecular formula is C26H23F3N6O3. The third kappa shape index (κ3) is 4.34. The summed E-state index contributed by atoms with van der Waals surface area (Å²) in [6.45, 7) is 3.57. The van der Waals surface area contributed by atoms with E-state index in [4.69, 9.17) is 14.5 Å². The van der Waals surface area contributed by atoms with Gasteiger partial charge in [-0.3, -0.25) is 0 Å². The topological polar surface area (TPSA) is 119 Å². The van der Waals surface area contributed by atoms with Crippen LogP contribution < -0.4 is 9.47 Å². The zero-order valence-electron chi connectivity index (χ0n) is 20.5. The Morgan fingerprint density at radius 1 is 1.05 bits per heavy atom. The number of imidazole rings is 1. The quantitative estimate of drug-likeness (QED) is 0.392. The van der Waals surface area contributed by atoms with Crippen molar-refractivity contribution in [3.8, 4) is 34.4 Å². The number of hydrogen-bond donors (Lipinski definition) is 2. The lowest BCUT2D eigenvalue weighted by Crippen LogP contribution is -2.27. The standard InChI is InChI=1S/C26H23F3N6O3/c1-13-9-18-25(2,36)16-6-5-15(22-30-11-19(35-22)26(27,28)29)10-17(16)37-7-8-38-24-20(23(33-13)34-18)21(14-3-4-14)31-12-32-24/h5-6,9-12,14,36H,3-4,7-8H2,1-2H3,(H,30,35). The Kier molecular flexibility index (Phi) is 5.60. The van der Waals surface area contributed by atoms with Gasteiger partial charge in [0.25, 0.3) is 0 Å². The molecule has 2 aliphatic rings. The summed E-state index contributed by atoms with van der Waals surface area (Å²) < 4.78 is 51.3. The number of H-pyrrole nitrogens is 1. The molecule has 4 heterocycles. The molecule has 196 valence electrons. The molecule has 1 aliphatic carbocycles. The zero-order valence-corrected chi connectivity index (χ0v) is 20.5. The number of hydrogen-bond acceptors (Lipinski definition) is 8. The van der Waals surface area contributed by atoms with Gasteiger partial charge in [0.2, 0.25) is 5.88 Å². The summed E-state index contributed by atoms with van der Waals surface area (Å²) in [4.78, 5) is 24.3. The van der Waals surface area contributed by atoms with Crippen LogP contribution in [0, 0.1) is 6.92 Å². The molecule has 6 rings (SSSR count). The SMILES string of the molecule is Cc1cc2nc(n1)-c1c(ncnc1C1CC1)OCCOc1cc(-c3ncc(C(F)(F)F)[nH]3)ccc1C2(C)O. The van der Waals surface area contributed by atoms with Crippen molar-refractivity contribution >= 4 is 0 Å². The number of aliphatic hydroxyl groups is 1. The molecule has 1 unspecified atom stereocenters. The first kappa shape index (κ1) is 24.3.